The quantitative estimate of drug-likeness (QED) is 0.403. The van der Waals surface area contributed by atoms with Gasteiger partial charge >= 0.3 is 5.63 Å². The van der Waals surface area contributed by atoms with E-state index in [1.54, 1.807) is 39.0 Å². The third-order valence-corrected chi connectivity index (χ3v) is 4.93. The maximum atomic E-state index is 11.3. The summed E-state index contributed by atoms with van der Waals surface area (Å²) in [5.41, 5.74) is -1.08. The molecule has 3 N–H and O–H groups in total. The predicted molar refractivity (Wildman–Crippen MR) is 118 cm³/mol. The normalized spacial score (nSPS) is 16.0. The van der Waals surface area contributed by atoms with Gasteiger partial charge in [-0.25, -0.2) is 4.79 Å². The first-order valence-electron chi connectivity index (χ1n) is 10.1. The number of rotatable bonds is 10. The van der Waals surface area contributed by atoms with Crippen LogP contribution in [0, 0.1) is 0 Å². The molecule has 0 saturated heterocycles. The zero-order valence-electron chi connectivity index (χ0n) is 18.1. The van der Waals surface area contributed by atoms with E-state index in [2.05, 4.69) is 0 Å². The lowest BCUT2D eigenvalue weighted by atomic mass is 9.91. The number of aliphatic hydroxyl groups is 3. The van der Waals surface area contributed by atoms with E-state index in [9.17, 15) is 20.1 Å². The van der Waals surface area contributed by atoms with Crippen LogP contribution in [0.15, 0.2) is 63.3 Å². The number of allylic oxidation sites excluding steroid dienone is 2. The van der Waals surface area contributed by atoms with Crippen LogP contribution >= 0.6 is 0 Å². The van der Waals surface area contributed by atoms with Crippen LogP contribution in [-0.4, -0.2) is 39.2 Å². The van der Waals surface area contributed by atoms with E-state index in [1.807, 2.05) is 31.2 Å². The minimum atomic E-state index is -1.18. The molecule has 2 aromatic rings. The zero-order chi connectivity index (χ0) is 22.4. The second-order valence-corrected chi connectivity index (χ2v) is 8.49. The van der Waals surface area contributed by atoms with Crippen molar-refractivity contribution in [1.29, 1.82) is 0 Å². The third kappa shape index (κ3) is 7.78. The summed E-state index contributed by atoms with van der Waals surface area (Å²) in [4.78, 5) is 11.3. The maximum absolute atomic E-state index is 11.3. The van der Waals surface area contributed by atoms with Crippen LogP contribution in [0.3, 0.4) is 0 Å². The Balaban J connectivity index is 1.82. The molecule has 0 radical (unpaired) electrons. The first-order valence-corrected chi connectivity index (χ1v) is 10.1. The van der Waals surface area contributed by atoms with Gasteiger partial charge in [0.2, 0.25) is 0 Å². The molecule has 6 heteroatoms. The molecule has 0 aliphatic carbocycles. The Bertz CT molecular complexity index is 946. The molecule has 0 unspecified atom stereocenters. The molecule has 2 rings (SSSR count). The van der Waals surface area contributed by atoms with E-state index >= 15 is 0 Å². The Morgan fingerprint density at radius 3 is 2.60 bits per heavy atom. The zero-order valence-corrected chi connectivity index (χ0v) is 18.1. The van der Waals surface area contributed by atoms with Crippen LogP contribution in [0.2, 0.25) is 0 Å². The lowest BCUT2D eigenvalue weighted by Crippen LogP contribution is -2.37. The van der Waals surface area contributed by atoms with Gasteiger partial charge in [0.15, 0.2) is 0 Å². The number of hydrogen-bond acceptors (Lipinski definition) is 6. The molecule has 0 aliphatic rings. The fraction of sp³-hybridized carbons (Fsp3) is 0.458. The van der Waals surface area contributed by atoms with Gasteiger partial charge in [0.1, 0.15) is 17.9 Å². The van der Waals surface area contributed by atoms with Crippen LogP contribution < -0.4 is 10.4 Å². The highest BCUT2D eigenvalue weighted by Crippen LogP contribution is 2.21. The van der Waals surface area contributed by atoms with Crippen LogP contribution in [0.4, 0.5) is 0 Å². The van der Waals surface area contributed by atoms with Crippen molar-refractivity contribution in [2.75, 3.05) is 6.61 Å². The molecule has 0 spiro atoms. The largest absolute Gasteiger partial charge is 0.489 e. The second kappa shape index (κ2) is 10.1. The van der Waals surface area contributed by atoms with Crippen LogP contribution in [-0.2, 0) is 0 Å². The average molecular weight is 417 g/mol. The van der Waals surface area contributed by atoms with Crippen molar-refractivity contribution in [2.24, 2.45) is 0 Å². The molecule has 1 heterocycles. The third-order valence-electron chi connectivity index (χ3n) is 4.93. The molecule has 1 aromatic heterocycles. The summed E-state index contributed by atoms with van der Waals surface area (Å²) in [6.07, 6.45) is 5.95. The summed E-state index contributed by atoms with van der Waals surface area (Å²) in [7, 11) is 0. The number of fused-ring (bicyclic) bond motifs is 1. The van der Waals surface area contributed by atoms with Gasteiger partial charge in [0, 0.05) is 17.5 Å². The Kier molecular flexibility index (Phi) is 8.01. The number of aliphatic hydroxyl groups excluding tert-OH is 1. The number of hydrogen-bond donors (Lipinski definition) is 3. The summed E-state index contributed by atoms with van der Waals surface area (Å²) in [6, 6.07) is 8.45. The minimum absolute atomic E-state index is 0.301. The number of benzene rings is 1. The van der Waals surface area contributed by atoms with E-state index in [0.717, 1.165) is 11.0 Å². The Morgan fingerprint density at radius 2 is 1.90 bits per heavy atom. The Labute approximate surface area is 177 Å². The van der Waals surface area contributed by atoms with Gasteiger partial charge < -0.3 is 24.5 Å². The molecule has 0 amide bonds. The smallest absolute Gasteiger partial charge is 0.336 e. The molecule has 0 saturated carbocycles. The van der Waals surface area contributed by atoms with Gasteiger partial charge in [-0.1, -0.05) is 17.7 Å². The molecule has 6 nitrogen and oxygen atoms in total. The van der Waals surface area contributed by atoms with Gasteiger partial charge in [-0.15, -0.1) is 0 Å². The van der Waals surface area contributed by atoms with Crippen molar-refractivity contribution in [3.63, 3.8) is 0 Å². The van der Waals surface area contributed by atoms with Crippen molar-refractivity contribution < 1.29 is 24.5 Å². The van der Waals surface area contributed by atoms with E-state index in [4.69, 9.17) is 9.15 Å². The Hall–Kier alpha value is -2.41. The van der Waals surface area contributed by atoms with Gasteiger partial charge in [-0.3, -0.25) is 0 Å². The molecule has 0 aliphatic heterocycles. The molecule has 0 fully saturated rings. The van der Waals surface area contributed by atoms with Crippen LogP contribution in [0.25, 0.3) is 11.0 Å². The number of ether oxygens (including phenoxy) is 1. The van der Waals surface area contributed by atoms with E-state index in [-0.39, 0.29) is 0 Å². The first kappa shape index (κ1) is 23.9. The van der Waals surface area contributed by atoms with E-state index in [0.29, 0.717) is 37.2 Å². The van der Waals surface area contributed by atoms with E-state index in [1.165, 1.54) is 6.07 Å². The molecule has 1 aromatic carbocycles. The van der Waals surface area contributed by atoms with Crippen molar-refractivity contribution in [3.8, 4) is 5.75 Å². The highest BCUT2D eigenvalue weighted by Gasteiger charge is 2.27. The monoisotopic (exact) mass is 416 g/mol. The summed E-state index contributed by atoms with van der Waals surface area (Å²) in [5, 5.41) is 30.9. The Morgan fingerprint density at radius 1 is 1.20 bits per heavy atom. The summed E-state index contributed by atoms with van der Waals surface area (Å²) in [6.45, 7) is 7.12. The lowest BCUT2D eigenvalue weighted by molar-refractivity contribution is -0.0591. The van der Waals surface area contributed by atoms with E-state index < -0.39 is 22.9 Å². The van der Waals surface area contributed by atoms with Crippen LogP contribution in [0.5, 0.6) is 5.75 Å². The van der Waals surface area contributed by atoms with Crippen molar-refractivity contribution in [3.05, 3.63) is 64.6 Å². The summed E-state index contributed by atoms with van der Waals surface area (Å²) >= 11 is 0. The topological polar surface area (TPSA) is 100 Å². The van der Waals surface area contributed by atoms with Crippen molar-refractivity contribution in [1.82, 2.24) is 0 Å². The fourth-order valence-electron chi connectivity index (χ4n) is 2.86. The molecular formula is C24H32O6. The fourth-order valence-corrected chi connectivity index (χ4v) is 2.86. The average Bonchev–Trinajstić information content (AvgIpc) is 2.65. The molecular weight excluding hydrogens is 384 g/mol. The summed E-state index contributed by atoms with van der Waals surface area (Å²) < 4.78 is 10.9. The van der Waals surface area contributed by atoms with Gasteiger partial charge in [0.05, 0.1) is 17.3 Å². The minimum Gasteiger partial charge on any atom is -0.489 e. The molecule has 2 atom stereocenters. The molecule has 0 bridgehead atoms. The second-order valence-electron chi connectivity index (χ2n) is 8.49. The SMILES string of the molecule is C/C(=C\COc1ccc2ccc(=O)oc2c1)C/C=C/[C@](C)(O)CC[C@@H](O)C(C)(C)O. The maximum Gasteiger partial charge on any atom is 0.336 e. The standard InChI is InChI=1S/C24H32O6/c1-17(6-5-13-24(4,28)14-11-21(25)23(2,3)27)12-15-29-19-9-7-18-8-10-22(26)30-20(18)16-19/h5,7-10,12-13,16,21,25,27-28H,6,11,14-15H2,1-4H3/b13-5+,17-12+/t21-,24+/m1/s1. The van der Waals surface area contributed by atoms with Gasteiger partial charge in [-0.05, 0) is 71.2 Å². The predicted octanol–water partition coefficient (Wildman–Crippen LogP) is 3.73. The first-order chi connectivity index (χ1) is 14.0. The van der Waals surface area contributed by atoms with Crippen molar-refractivity contribution in [2.45, 2.75) is 64.3 Å². The van der Waals surface area contributed by atoms with Crippen molar-refractivity contribution >= 4 is 11.0 Å². The molecule has 30 heavy (non-hydrogen) atoms. The van der Waals surface area contributed by atoms with Gasteiger partial charge in [-0.2, -0.15) is 0 Å². The lowest BCUT2D eigenvalue weighted by Gasteiger charge is -2.27. The highest BCUT2D eigenvalue weighted by molar-refractivity contribution is 5.77. The van der Waals surface area contributed by atoms with Gasteiger partial charge in [0.25, 0.3) is 0 Å². The highest BCUT2D eigenvalue weighted by atomic mass is 16.5. The molecule has 164 valence electrons. The van der Waals surface area contributed by atoms with Crippen LogP contribution in [0.1, 0.15) is 47.0 Å². The summed E-state index contributed by atoms with van der Waals surface area (Å²) in [5.74, 6) is 0.616.